The number of piperidine rings is 2. The molecule has 2 aliphatic rings. The molecule has 4 nitrogen and oxygen atoms in total. The zero-order valence-corrected chi connectivity index (χ0v) is 11.8. The molecule has 0 unspecified atom stereocenters. The summed E-state index contributed by atoms with van der Waals surface area (Å²) >= 11 is 0. The van der Waals surface area contributed by atoms with Gasteiger partial charge in [-0.15, -0.1) is 0 Å². The Bertz CT molecular complexity index is 591. The predicted octanol–water partition coefficient (Wildman–Crippen LogP) is 2.14. The molecule has 1 aromatic carbocycles. The molecule has 2 aromatic rings. The second kappa shape index (κ2) is 5.19. The summed E-state index contributed by atoms with van der Waals surface area (Å²) in [5.41, 5.74) is 3.60. The third-order valence-corrected chi connectivity index (χ3v) is 4.87. The molecule has 3 heterocycles. The van der Waals surface area contributed by atoms with Crippen molar-refractivity contribution in [2.45, 2.75) is 31.8 Å². The van der Waals surface area contributed by atoms with Crippen molar-refractivity contribution in [2.75, 3.05) is 19.6 Å². The van der Waals surface area contributed by atoms with Gasteiger partial charge in [0.2, 0.25) is 0 Å². The third kappa shape index (κ3) is 2.34. The first-order chi connectivity index (χ1) is 9.88. The molecule has 2 saturated heterocycles. The Morgan fingerprint density at radius 2 is 2.30 bits per heavy atom. The number of nitrogens with one attached hydrogen (secondary N) is 2. The average molecular weight is 270 g/mol. The Hall–Kier alpha value is -1.39. The van der Waals surface area contributed by atoms with Gasteiger partial charge in [-0.25, -0.2) is 4.98 Å². The minimum absolute atomic E-state index is 0.773. The second-order valence-electron chi connectivity index (χ2n) is 6.24. The van der Waals surface area contributed by atoms with E-state index in [1.807, 2.05) is 0 Å². The quantitative estimate of drug-likeness (QED) is 0.878. The van der Waals surface area contributed by atoms with Gasteiger partial charge in [-0.05, 0) is 56.0 Å². The Balaban J connectivity index is 1.45. The van der Waals surface area contributed by atoms with E-state index in [2.05, 4.69) is 38.4 Å². The molecule has 2 aliphatic heterocycles. The van der Waals surface area contributed by atoms with Gasteiger partial charge in [0.05, 0.1) is 17.4 Å². The molecule has 4 rings (SSSR count). The van der Waals surface area contributed by atoms with Gasteiger partial charge in [0.15, 0.2) is 0 Å². The van der Waals surface area contributed by atoms with Crippen LogP contribution < -0.4 is 5.32 Å². The van der Waals surface area contributed by atoms with Crippen LogP contribution in [0, 0.1) is 5.92 Å². The summed E-state index contributed by atoms with van der Waals surface area (Å²) in [6, 6.07) is 7.35. The molecule has 2 fully saturated rings. The number of fused-ring (bicyclic) bond motifs is 2. The lowest BCUT2D eigenvalue weighted by Crippen LogP contribution is -2.51. The molecule has 106 valence electrons. The van der Waals surface area contributed by atoms with Crippen molar-refractivity contribution in [3.8, 4) is 0 Å². The first-order valence-corrected chi connectivity index (χ1v) is 7.76. The Morgan fingerprint density at radius 3 is 3.30 bits per heavy atom. The lowest BCUT2D eigenvalue weighted by molar-refractivity contribution is 0.109. The van der Waals surface area contributed by atoms with Crippen LogP contribution in [-0.4, -0.2) is 40.5 Å². The molecular weight excluding hydrogens is 248 g/mol. The number of hydrogen-bond donors (Lipinski definition) is 2. The highest BCUT2D eigenvalue weighted by Crippen LogP contribution is 2.26. The molecular formula is C16H22N4. The topological polar surface area (TPSA) is 44.0 Å². The van der Waals surface area contributed by atoms with Crippen LogP contribution in [-0.2, 0) is 6.54 Å². The number of hydrogen-bond acceptors (Lipinski definition) is 3. The summed E-state index contributed by atoms with van der Waals surface area (Å²) < 4.78 is 0. The number of rotatable bonds is 2. The Labute approximate surface area is 119 Å². The number of aromatic amines is 1. The van der Waals surface area contributed by atoms with E-state index >= 15 is 0 Å². The van der Waals surface area contributed by atoms with Gasteiger partial charge in [0.25, 0.3) is 0 Å². The number of nitrogens with zero attached hydrogens (tertiary/aromatic N) is 2. The summed E-state index contributed by atoms with van der Waals surface area (Å²) in [6.45, 7) is 4.75. The van der Waals surface area contributed by atoms with Crippen molar-refractivity contribution in [1.29, 1.82) is 0 Å². The van der Waals surface area contributed by atoms with Gasteiger partial charge in [0, 0.05) is 19.1 Å². The lowest BCUT2D eigenvalue weighted by Gasteiger charge is -2.41. The van der Waals surface area contributed by atoms with Crippen molar-refractivity contribution >= 4 is 11.0 Å². The fourth-order valence-electron chi connectivity index (χ4n) is 3.80. The normalized spacial score (nSPS) is 27.6. The predicted molar refractivity (Wildman–Crippen MR) is 80.5 cm³/mol. The summed E-state index contributed by atoms with van der Waals surface area (Å²) in [4.78, 5) is 10.1. The van der Waals surface area contributed by atoms with Crippen LogP contribution in [0.5, 0.6) is 0 Å². The molecule has 2 N–H and O–H groups in total. The van der Waals surface area contributed by atoms with Crippen molar-refractivity contribution in [3.63, 3.8) is 0 Å². The van der Waals surface area contributed by atoms with Gasteiger partial charge in [-0.1, -0.05) is 6.07 Å². The van der Waals surface area contributed by atoms with Crippen LogP contribution >= 0.6 is 0 Å². The van der Waals surface area contributed by atoms with Crippen molar-refractivity contribution in [3.05, 3.63) is 30.1 Å². The first-order valence-electron chi connectivity index (χ1n) is 7.76. The Kier molecular flexibility index (Phi) is 3.20. The third-order valence-electron chi connectivity index (χ3n) is 4.87. The maximum absolute atomic E-state index is 4.28. The van der Waals surface area contributed by atoms with E-state index in [0.717, 1.165) is 29.5 Å². The van der Waals surface area contributed by atoms with E-state index in [1.54, 1.807) is 6.33 Å². The van der Waals surface area contributed by atoms with E-state index in [0.29, 0.717) is 0 Å². The molecule has 0 bridgehead atoms. The van der Waals surface area contributed by atoms with Crippen LogP contribution in [0.15, 0.2) is 24.5 Å². The SMILES string of the molecule is c1nc2ccc(CN3CC[C@@H]4NCCC[C@@H]4C3)cc2[nH]1. The second-order valence-corrected chi connectivity index (χ2v) is 6.24. The molecule has 0 aliphatic carbocycles. The maximum atomic E-state index is 4.28. The van der Waals surface area contributed by atoms with Gasteiger partial charge in [0.1, 0.15) is 0 Å². The Morgan fingerprint density at radius 1 is 1.30 bits per heavy atom. The molecule has 0 radical (unpaired) electrons. The number of H-pyrrole nitrogens is 1. The van der Waals surface area contributed by atoms with Crippen LogP contribution in [0.3, 0.4) is 0 Å². The van der Waals surface area contributed by atoms with E-state index in [4.69, 9.17) is 0 Å². The molecule has 0 saturated carbocycles. The highest BCUT2D eigenvalue weighted by Gasteiger charge is 2.30. The highest BCUT2D eigenvalue weighted by molar-refractivity contribution is 5.74. The number of likely N-dealkylation sites (tertiary alicyclic amines) is 1. The van der Waals surface area contributed by atoms with Crippen LogP contribution in [0.2, 0.25) is 0 Å². The monoisotopic (exact) mass is 270 g/mol. The van der Waals surface area contributed by atoms with Gasteiger partial charge < -0.3 is 10.3 Å². The van der Waals surface area contributed by atoms with Gasteiger partial charge in [-0.3, -0.25) is 4.90 Å². The smallest absolute Gasteiger partial charge is 0.0931 e. The number of aromatic nitrogens is 2. The van der Waals surface area contributed by atoms with Gasteiger partial charge >= 0.3 is 0 Å². The zero-order valence-electron chi connectivity index (χ0n) is 11.8. The fourth-order valence-corrected chi connectivity index (χ4v) is 3.80. The van der Waals surface area contributed by atoms with E-state index in [9.17, 15) is 0 Å². The summed E-state index contributed by atoms with van der Waals surface area (Å²) in [7, 11) is 0. The highest BCUT2D eigenvalue weighted by atomic mass is 15.2. The first kappa shape index (κ1) is 12.4. The van der Waals surface area contributed by atoms with E-state index in [1.165, 1.54) is 44.5 Å². The number of imidazole rings is 1. The maximum Gasteiger partial charge on any atom is 0.0931 e. The fraction of sp³-hybridized carbons (Fsp3) is 0.562. The molecule has 1 aromatic heterocycles. The average Bonchev–Trinajstić information content (AvgIpc) is 2.95. The van der Waals surface area contributed by atoms with Gasteiger partial charge in [-0.2, -0.15) is 0 Å². The van der Waals surface area contributed by atoms with Crippen LogP contribution in [0.1, 0.15) is 24.8 Å². The molecule has 4 heteroatoms. The zero-order chi connectivity index (χ0) is 13.4. The summed E-state index contributed by atoms with van der Waals surface area (Å²) in [6.07, 6.45) is 5.81. The van der Waals surface area contributed by atoms with Crippen molar-refractivity contribution < 1.29 is 0 Å². The minimum atomic E-state index is 0.773. The minimum Gasteiger partial charge on any atom is -0.345 e. The molecule has 0 amide bonds. The van der Waals surface area contributed by atoms with Crippen LogP contribution in [0.25, 0.3) is 11.0 Å². The lowest BCUT2D eigenvalue weighted by atomic mass is 9.85. The van der Waals surface area contributed by atoms with Crippen molar-refractivity contribution in [1.82, 2.24) is 20.2 Å². The van der Waals surface area contributed by atoms with Crippen molar-refractivity contribution in [2.24, 2.45) is 5.92 Å². The van der Waals surface area contributed by atoms with E-state index < -0.39 is 0 Å². The standard InChI is InChI=1S/C16H22N4/c1-2-13-10-20(7-5-14(13)17-6-1)9-12-3-4-15-16(8-12)19-11-18-15/h3-4,8,11,13-14,17H,1-2,5-7,9-10H2,(H,18,19)/t13-,14+/m1/s1. The summed E-state index contributed by atoms with van der Waals surface area (Å²) in [5, 5.41) is 3.69. The molecule has 0 spiro atoms. The number of benzene rings is 1. The largest absolute Gasteiger partial charge is 0.345 e. The molecule has 20 heavy (non-hydrogen) atoms. The summed E-state index contributed by atoms with van der Waals surface area (Å²) in [5.74, 6) is 0.855. The van der Waals surface area contributed by atoms with Crippen LogP contribution in [0.4, 0.5) is 0 Å². The van der Waals surface area contributed by atoms with E-state index in [-0.39, 0.29) is 0 Å². The molecule has 2 atom stereocenters.